The zero-order chi connectivity index (χ0) is 13.0. The van der Waals surface area contributed by atoms with Gasteiger partial charge in [0.15, 0.2) is 0 Å². The molecule has 0 spiro atoms. The number of hydrogen-bond acceptors (Lipinski definition) is 2. The molecular weight excluding hydrogens is 237 g/mol. The molecule has 0 aliphatic heterocycles. The number of carbonyl (C=O) groups excluding carboxylic acids is 1. The molecule has 1 atom stereocenters. The molecule has 2 nitrogen and oxygen atoms in total. The van der Waals surface area contributed by atoms with E-state index in [4.69, 9.17) is 0 Å². The van der Waals surface area contributed by atoms with E-state index in [1.165, 1.54) is 18.2 Å². The summed E-state index contributed by atoms with van der Waals surface area (Å²) >= 11 is 4.09. The highest BCUT2D eigenvalue weighted by atomic mass is 32.1. The average molecular weight is 255 g/mol. The van der Waals surface area contributed by atoms with Gasteiger partial charge in [0.2, 0.25) is 0 Å². The third-order valence-electron chi connectivity index (χ3n) is 2.92. The van der Waals surface area contributed by atoms with Gasteiger partial charge < -0.3 is 5.32 Å². The fourth-order valence-electron chi connectivity index (χ4n) is 1.27. The van der Waals surface area contributed by atoms with Crippen molar-refractivity contribution in [1.29, 1.82) is 0 Å². The average Bonchev–Trinajstić information content (AvgIpc) is 2.28. The van der Waals surface area contributed by atoms with Gasteiger partial charge in [-0.2, -0.15) is 0 Å². The fraction of sp³-hybridized carbons (Fsp3) is 0.462. The van der Waals surface area contributed by atoms with E-state index in [-0.39, 0.29) is 11.5 Å². The number of halogens is 1. The Hall–Kier alpha value is -1.03. The molecule has 0 bridgehead atoms. The van der Waals surface area contributed by atoms with Gasteiger partial charge in [-0.3, -0.25) is 4.79 Å². The van der Waals surface area contributed by atoms with E-state index in [2.05, 4.69) is 38.7 Å². The van der Waals surface area contributed by atoms with Crippen LogP contribution < -0.4 is 5.32 Å². The molecule has 0 saturated heterocycles. The minimum atomic E-state index is -0.516. The van der Waals surface area contributed by atoms with Crippen LogP contribution in [0.15, 0.2) is 23.1 Å². The maximum atomic E-state index is 13.4. The van der Waals surface area contributed by atoms with E-state index in [0.717, 1.165) is 0 Å². The Labute approximate surface area is 107 Å². The van der Waals surface area contributed by atoms with E-state index in [1.54, 1.807) is 0 Å². The standard InChI is InChI=1S/C13H18FNOS/c1-8(2)9(3)7-15-13(16)11-6-10(17)4-5-12(11)14/h4-6,8-9,17H,7H2,1-3H3,(H,15,16). The molecule has 1 unspecified atom stereocenters. The molecule has 0 aromatic heterocycles. The van der Waals surface area contributed by atoms with Crippen LogP contribution in [0.1, 0.15) is 31.1 Å². The SMILES string of the molecule is CC(C)C(C)CNC(=O)c1cc(S)ccc1F. The lowest BCUT2D eigenvalue weighted by molar-refractivity contribution is 0.0940. The van der Waals surface area contributed by atoms with Crippen LogP contribution in [0.5, 0.6) is 0 Å². The molecule has 0 saturated carbocycles. The lowest BCUT2D eigenvalue weighted by Crippen LogP contribution is -2.30. The number of nitrogens with one attached hydrogen (secondary N) is 1. The Balaban J connectivity index is 2.67. The van der Waals surface area contributed by atoms with E-state index >= 15 is 0 Å². The first-order valence-electron chi connectivity index (χ1n) is 5.68. The van der Waals surface area contributed by atoms with Crippen molar-refractivity contribution in [1.82, 2.24) is 5.32 Å². The van der Waals surface area contributed by atoms with Crippen molar-refractivity contribution in [2.45, 2.75) is 25.7 Å². The molecule has 4 heteroatoms. The predicted molar refractivity (Wildman–Crippen MR) is 70.0 cm³/mol. The van der Waals surface area contributed by atoms with Crippen LogP contribution in [0.4, 0.5) is 4.39 Å². The Morgan fingerprint density at radius 3 is 2.65 bits per heavy atom. The summed E-state index contributed by atoms with van der Waals surface area (Å²) in [5.41, 5.74) is 0.0495. The van der Waals surface area contributed by atoms with Gasteiger partial charge >= 0.3 is 0 Å². The molecule has 0 radical (unpaired) electrons. The van der Waals surface area contributed by atoms with E-state index in [1.807, 2.05) is 0 Å². The molecule has 0 aliphatic carbocycles. The van der Waals surface area contributed by atoms with E-state index in [0.29, 0.717) is 23.3 Å². The maximum Gasteiger partial charge on any atom is 0.254 e. The normalized spacial score (nSPS) is 12.6. The van der Waals surface area contributed by atoms with Crippen LogP contribution in [0.3, 0.4) is 0 Å². The van der Waals surface area contributed by atoms with E-state index < -0.39 is 5.82 Å². The van der Waals surface area contributed by atoms with Gasteiger partial charge in [0.05, 0.1) is 5.56 Å². The van der Waals surface area contributed by atoms with Crippen LogP contribution in [-0.4, -0.2) is 12.5 Å². The molecule has 17 heavy (non-hydrogen) atoms. The first kappa shape index (κ1) is 14.0. The Morgan fingerprint density at radius 1 is 1.41 bits per heavy atom. The molecule has 0 aliphatic rings. The van der Waals surface area contributed by atoms with Crippen molar-refractivity contribution in [3.05, 3.63) is 29.6 Å². The highest BCUT2D eigenvalue weighted by Gasteiger charge is 2.14. The Kier molecular flexibility index (Phi) is 5.00. The zero-order valence-electron chi connectivity index (χ0n) is 10.3. The Morgan fingerprint density at radius 2 is 2.06 bits per heavy atom. The zero-order valence-corrected chi connectivity index (χ0v) is 11.2. The van der Waals surface area contributed by atoms with Crippen molar-refractivity contribution in [3.8, 4) is 0 Å². The number of thiol groups is 1. The second kappa shape index (κ2) is 6.05. The number of benzene rings is 1. The highest BCUT2D eigenvalue weighted by Crippen LogP contribution is 2.14. The molecule has 0 heterocycles. The molecule has 1 N–H and O–H groups in total. The minimum absolute atomic E-state index is 0.0495. The lowest BCUT2D eigenvalue weighted by atomic mass is 9.98. The summed E-state index contributed by atoms with van der Waals surface area (Å²) in [5, 5.41) is 2.74. The third kappa shape index (κ3) is 4.04. The van der Waals surface area contributed by atoms with Crippen LogP contribution in [0.25, 0.3) is 0 Å². The van der Waals surface area contributed by atoms with Gasteiger partial charge in [-0.25, -0.2) is 4.39 Å². The molecule has 1 amide bonds. The molecule has 1 rings (SSSR count). The van der Waals surface area contributed by atoms with Gasteiger partial charge in [0.1, 0.15) is 5.82 Å². The Bertz CT molecular complexity index is 406. The monoisotopic (exact) mass is 255 g/mol. The topological polar surface area (TPSA) is 29.1 Å². The van der Waals surface area contributed by atoms with Crippen molar-refractivity contribution < 1.29 is 9.18 Å². The van der Waals surface area contributed by atoms with Gasteiger partial charge in [0, 0.05) is 11.4 Å². The smallest absolute Gasteiger partial charge is 0.254 e. The van der Waals surface area contributed by atoms with Crippen LogP contribution in [0, 0.1) is 17.7 Å². The number of carbonyl (C=O) groups is 1. The van der Waals surface area contributed by atoms with Crippen molar-refractivity contribution in [2.24, 2.45) is 11.8 Å². The summed E-state index contributed by atoms with van der Waals surface area (Å²) in [7, 11) is 0. The summed E-state index contributed by atoms with van der Waals surface area (Å²) in [6, 6.07) is 4.21. The summed E-state index contributed by atoms with van der Waals surface area (Å²) in [6.45, 7) is 6.78. The first-order chi connectivity index (χ1) is 7.91. The first-order valence-corrected chi connectivity index (χ1v) is 6.13. The summed E-state index contributed by atoms with van der Waals surface area (Å²) in [6.07, 6.45) is 0. The fourth-order valence-corrected chi connectivity index (χ4v) is 1.48. The maximum absolute atomic E-state index is 13.4. The number of amides is 1. The number of hydrogen-bond donors (Lipinski definition) is 2. The molecular formula is C13H18FNOS. The highest BCUT2D eigenvalue weighted by molar-refractivity contribution is 7.80. The predicted octanol–water partition coefficient (Wildman–Crippen LogP) is 3.14. The summed E-state index contributed by atoms with van der Waals surface area (Å²) < 4.78 is 13.4. The second-order valence-corrected chi connectivity index (χ2v) is 5.11. The molecule has 1 aromatic rings. The summed E-state index contributed by atoms with van der Waals surface area (Å²) in [4.78, 5) is 12.3. The largest absolute Gasteiger partial charge is 0.352 e. The van der Waals surface area contributed by atoms with Gasteiger partial charge in [0.25, 0.3) is 5.91 Å². The van der Waals surface area contributed by atoms with Crippen LogP contribution in [0.2, 0.25) is 0 Å². The van der Waals surface area contributed by atoms with Crippen LogP contribution in [-0.2, 0) is 0 Å². The minimum Gasteiger partial charge on any atom is -0.352 e. The van der Waals surface area contributed by atoms with Gasteiger partial charge in [-0.1, -0.05) is 20.8 Å². The molecule has 94 valence electrons. The van der Waals surface area contributed by atoms with Crippen LogP contribution >= 0.6 is 12.6 Å². The van der Waals surface area contributed by atoms with Crippen molar-refractivity contribution >= 4 is 18.5 Å². The van der Waals surface area contributed by atoms with Gasteiger partial charge in [-0.05, 0) is 30.0 Å². The van der Waals surface area contributed by atoms with Crippen molar-refractivity contribution in [2.75, 3.05) is 6.54 Å². The van der Waals surface area contributed by atoms with Gasteiger partial charge in [-0.15, -0.1) is 12.6 Å². The third-order valence-corrected chi connectivity index (χ3v) is 3.20. The number of rotatable bonds is 4. The molecule has 0 fully saturated rings. The lowest BCUT2D eigenvalue weighted by Gasteiger charge is -2.16. The summed E-state index contributed by atoms with van der Waals surface area (Å²) in [5.74, 6) is -0.0547. The van der Waals surface area contributed by atoms with E-state index in [9.17, 15) is 9.18 Å². The quantitative estimate of drug-likeness (QED) is 0.795. The van der Waals surface area contributed by atoms with Crippen molar-refractivity contribution in [3.63, 3.8) is 0 Å². The second-order valence-electron chi connectivity index (χ2n) is 4.60. The molecule has 1 aromatic carbocycles.